The first-order valence-electron chi connectivity index (χ1n) is 4.44. The van der Waals surface area contributed by atoms with Crippen molar-refractivity contribution in [2.75, 3.05) is 13.1 Å². The molecule has 0 spiro atoms. The van der Waals surface area contributed by atoms with Gasteiger partial charge in [-0.3, -0.25) is 4.79 Å². The number of carbonyl (C=O) groups is 1. The lowest BCUT2D eigenvalue weighted by Gasteiger charge is -2.04. The second-order valence-electron chi connectivity index (χ2n) is 2.91. The smallest absolute Gasteiger partial charge is 0.224 e. The van der Waals surface area contributed by atoms with Gasteiger partial charge in [0.2, 0.25) is 5.91 Å². The van der Waals surface area contributed by atoms with E-state index in [4.69, 9.17) is 17.3 Å². The maximum Gasteiger partial charge on any atom is 0.224 e. The highest BCUT2D eigenvalue weighted by Gasteiger charge is 2.04. The maximum absolute atomic E-state index is 11.3. The molecule has 0 saturated heterocycles. The van der Waals surface area contributed by atoms with Gasteiger partial charge in [0.25, 0.3) is 0 Å². The Morgan fingerprint density at radius 2 is 2.07 bits per heavy atom. The molecule has 3 N–H and O–H groups in total. The van der Waals surface area contributed by atoms with E-state index >= 15 is 0 Å². The topological polar surface area (TPSA) is 55.1 Å². The summed E-state index contributed by atoms with van der Waals surface area (Å²) in [5.41, 5.74) is 6.10. The van der Waals surface area contributed by atoms with Gasteiger partial charge in [0.15, 0.2) is 0 Å². The van der Waals surface area contributed by atoms with Crippen LogP contribution in [0, 0.1) is 0 Å². The van der Waals surface area contributed by atoms with E-state index in [1.54, 1.807) is 6.07 Å². The summed E-state index contributed by atoms with van der Waals surface area (Å²) in [5, 5.41) is 3.31. The fraction of sp³-hybridized carbons (Fsp3) is 0.300. The molecule has 0 heterocycles. The van der Waals surface area contributed by atoms with Gasteiger partial charge in [-0.15, -0.1) is 12.4 Å². The fourth-order valence-electron chi connectivity index (χ4n) is 1.09. The summed E-state index contributed by atoms with van der Waals surface area (Å²) < 4.78 is 0. The van der Waals surface area contributed by atoms with E-state index in [1.165, 1.54) is 0 Å². The highest BCUT2D eigenvalue weighted by atomic mass is 35.5. The first-order chi connectivity index (χ1) is 6.74. The molecule has 1 rings (SSSR count). The molecule has 0 unspecified atom stereocenters. The van der Waals surface area contributed by atoms with E-state index in [2.05, 4.69) is 5.32 Å². The third-order valence-electron chi connectivity index (χ3n) is 1.78. The molecule has 1 aromatic rings. The van der Waals surface area contributed by atoms with Crippen molar-refractivity contribution in [2.24, 2.45) is 5.73 Å². The van der Waals surface area contributed by atoms with Crippen LogP contribution in [0.15, 0.2) is 24.3 Å². The average Bonchev–Trinajstić information content (AvgIpc) is 2.18. The molecular weight excluding hydrogens is 235 g/mol. The Labute approximate surface area is 100 Å². The predicted molar refractivity (Wildman–Crippen MR) is 64.5 cm³/mol. The van der Waals surface area contributed by atoms with Crippen LogP contribution >= 0.6 is 24.0 Å². The zero-order chi connectivity index (χ0) is 10.4. The van der Waals surface area contributed by atoms with Crippen LogP contribution < -0.4 is 11.1 Å². The number of hydrogen-bond donors (Lipinski definition) is 2. The molecule has 3 nitrogen and oxygen atoms in total. The number of hydrogen-bond acceptors (Lipinski definition) is 2. The second-order valence-corrected chi connectivity index (χ2v) is 3.31. The second kappa shape index (κ2) is 7.51. The first kappa shape index (κ1) is 14.2. The zero-order valence-electron chi connectivity index (χ0n) is 8.20. The number of carbonyl (C=O) groups excluding carboxylic acids is 1. The molecule has 0 aliphatic rings. The van der Waals surface area contributed by atoms with Crippen molar-refractivity contribution < 1.29 is 4.79 Å². The number of amides is 1. The molecule has 0 radical (unpaired) electrons. The molecule has 0 bridgehead atoms. The summed E-state index contributed by atoms with van der Waals surface area (Å²) in [6.07, 6.45) is 0.305. The summed E-state index contributed by atoms with van der Waals surface area (Å²) in [7, 11) is 0. The molecule has 1 amide bonds. The van der Waals surface area contributed by atoms with Crippen molar-refractivity contribution >= 4 is 29.9 Å². The van der Waals surface area contributed by atoms with E-state index < -0.39 is 0 Å². The van der Waals surface area contributed by atoms with E-state index in [1.807, 2.05) is 18.2 Å². The van der Waals surface area contributed by atoms with Crippen LogP contribution in [0.4, 0.5) is 0 Å². The summed E-state index contributed by atoms with van der Waals surface area (Å²) in [6, 6.07) is 7.30. The zero-order valence-corrected chi connectivity index (χ0v) is 9.77. The molecule has 0 atom stereocenters. The van der Waals surface area contributed by atoms with E-state index in [0.717, 1.165) is 5.56 Å². The maximum atomic E-state index is 11.3. The Hall–Kier alpha value is -0.770. The lowest BCUT2D eigenvalue weighted by atomic mass is 10.1. The van der Waals surface area contributed by atoms with Gasteiger partial charge in [-0.25, -0.2) is 0 Å². The minimum atomic E-state index is -0.0523. The third kappa shape index (κ3) is 5.02. The van der Waals surface area contributed by atoms with Crippen molar-refractivity contribution in [1.29, 1.82) is 0 Å². The minimum absolute atomic E-state index is 0. The van der Waals surface area contributed by atoms with Crippen molar-refractivity contribution in [2.45, 2.75) is 6.42 Å². The van der Waals surface area contributed by atoms with Crippen molar-refractivity contribution in [3.05, 3.63) is 34.9 Å². The molecular formula is C10H14Cl2N2O. The largest absolute Gasteiger partial charge is 0.355 e. The first-order valence-corrected chi connectivity index (χ1v) is 4.82. The molecule has 1 aromatic carbocycles. The van der Waals surface area contributed by atoms with Crippen molar-refractivity contribution in [3.8, 4) is 0 Å². The SMILES string of the molecule is Cl.NCCNC(=O)Cc1ccccc1Cl. The van der Waals surface area contributed by atoms with E-state index in [-0.39, 0.29) is 18.3 Å². The van der Waals surface area contributed by atoms with Crippen LogP contribution in [0.5, 0.6) is 0 Å². The molecule has 0 fully saturated rings. The molecule has 0 aromatic heterocycles. The Balaban J connectivity index is 0.00000196. The van der Waals surface area contributed by atoms with Gasteiger partial charge < -0.3 is 11.1 Å². The van der Waals surface area contributed by atoms with Crippen LogP contribution in [-0.4, -0.2) is 19.0 Å². The lowest BCUT2D eigenvalue weighted by molar-refractivity contribution is -0.120. The van der Waals surface area contributed by atoms with Crippen LogP contribution in [-0.2, 0) is 11.2 Å². The van der Waals surface area contributed by atoms with Crippen molar-refractivity contribution in [3.63, 3.8) is 0 Å². The standard InChI is InChI=1S/C10H13ClN2O.ClH/c11-9-4-2-1-3-8(9)7-10(14)13-6-5-12;/h1-4H,5-7,12H2,(H,13,14);1H. The summed E-state index contributed by atoms with van der Waals surface area (Å²) in [5.74, 6) is -0.0523. The van der Waals surface area contributed by atoms with Gasteiger partial charge in [-0.05, 0) is 11.6 Å². The van der Waals surface area contributed by atoms with E-state index in [9.17, 15) is 4.79 Å². The van der Waals surface area contributed by atoms with Gasteiger partial charge in [0, 0.05) is 18.1 Å². The van der Waals surface area contributed by atoms with Gasteiger partial charge in [0.1, 0.15) is 0 Å². The van der Waals surface area contributed by atoms with Crippen LogP contribution in [0.1, 0.15) is 5.56 Å². The molecule has 15 heavy (non-hydrogen) atoms. The highest BCUT2D eigenvalue weighted by molar-refractivity contribution is 6.31. The predicted octanol–water partition coefficient (Wildman–Crippen LogP) is 1.38. The van der Waals surface area contributed by atoms with Gasteiger partial charge in [0.05, 0.1) is 6.42 Å². The summed E-state index contributed by atoms with van der Waals surface area (Å²) in [4.78, 5) is 11.3. The molecule has 5 heteroatoms. The van der Waals surface area contributed by atoms with Gasteiger partial charge >= 0.3 is 0 Å². The lowest BCUT2D eigenvalue weighted by Crippen LogP contribution is -2.30. The normalized spacial score (nSPS) is 9.20. The Kier molecular flexibility index (Phi) is 7.13. The third-order valence-corrected chi connectivity index (χ3v) is 2.14. The van der Waals surface area contributed by atoms with Gasteiger partial charge in [-0.2, -0.15) is 0 Å². The van der Waals surface area contributed by atoms with Crippen LogP contribution in [0.2, 0.25) is 5.02 Å². The Bertz CT molecular complexity index is 318. The van der Waals surface area contributed by atoms with Crippen molar-refractivity contribution in [1.82, 2.24) is 5.32 Å². The Morgan fingerprint density at radius 1 is 1.40 bits per heavy atom. The summed E-state index contributed by atoms with van der Waals surface area (Å²) in [6.45, 7) is 0.956. The molecule has 0 aliphatic carbocycles. The monoisotopic (exact) mass is 248 g/mol. The average molecular weight is 249 g/mol. The number of nitrogens with two attached hydrogens (primary N) is 1. The minimum Gasteiger partial charge on any atom is -0.355 e. The Morgan fingerprint density at radius 3 is 2.67 bits per heavy atom. The molecule has 0 saturated carbocycles. The van der Waals surface area contributed by atoms with Crippen LogP contribution in [0.3, 0.4) is 0 Å². The number of halogens is 2. The quantitative estimate of drug-likeness (QED) is 0.846. The number of nitrogens with one attached hydrogen (secondary N) is 1. The molecule has 84 valence electrons. The fourth-order valence-corrected chi connectivity index (χ4v) is 1.29. The van der Waals surface area contributed by atoms with E-state index in [0.29, 0.717) is 24.5 Å². The summed E-state index contributed by atoms with van der Waals surface area (Å²) >= 11 is 5.90. The number of benzene rings is 1. The molecule has 0 aliphatic heterocycles. The number of rotatable bonds is 4. The highest BCUT2D eigenvalue weighted by Crippen LogP contribution is 2.14. The van der Waals surface area contributed by atoms with Gasteiger partial charge in [-0.1, -0.05) is 29.8 Å². The van der Waals surface area contributed by atoms with Crippen LogP contribution in [0.25, 0.3) is 0 Å².